The molecule has 108 valence electrons. The molecule has 1 rings (SSSR count). The lowest BCUT2D eigenvalue weighted by Gasteiger charge is -2.26. The van der Waals surface area contributed by atoms with Crippen LogP contribution in [0.2, 0.25) is 0 Å². The summed E-state index contributed by atoms with van der Waals surface area (Å²) in [5.74, 6) is 0. The molecule has 1 saturated heterocycles. The third-order valence-electron chi connectivity index (χ3n) is 2.95. The summed E-state index contributed by atoms with van der Waals surface area (Å²) in [5, 5.41) is 3.28. The van der Waals surface area contributed by atoms with Gasteiger partial charge in [-0.2, -0.15) is 0 Å². The Balaban J connectivity index is 2.29. The zero-order chi connectivity index (χ0) is 14.0. The molecule has 0 bridgehead atoms. The van der Waals surface area contributed by atoms with Crippen molar-refractivity contribution in [3.8, 4) is 0 Å². The van der Waals surface area contributed by atoms with Crippen LogP contribution in [0.4, 0.5) is 0 Å². The maximum absolute atomic E-state index is 11.2. The van der Waals surface area contributed by atoms with Crippen molar-refractivity contribution in [2.75, 3.05) is 19.3 Å². The van der Waals surface area contributed by atoms with Gasteiger partial charge in [-0.05, 0) is 40.5 Å². The Morgan fingerprint density at radius 1 is 1.39 bits per heavy atom. The van der Waals surface area contributed by atoms with Gasteiger partial charge in [-0.3, -0.25) is 0 Å². The predicted octanol–water partition coefficient (Wildman–Crippen LogP) is 0.861. The standard InChI is InChI=1S/C12H26N2O3S/c1-11(2,14-18(5,15)16)9-13-8-10-6-7-12(3,4)17-10/h10,13-14H,6-9H2,1-5H3. The van der Waals surface area contributed by atoms with Crippen LogP contribution >= 0.6 is 0 Å². The van der Waals surface area contributed by atoms with Crippen LogP contribution in [0.1, 0.15) is 40.5 Å². The molecule has 0 saturated carbocycles. The number of ether oxygens (including phenoxy) is 1. The number of nitrogens with one attached hydrogen (secondary N) is 2. The SMILES string of the molecule is CC(C)(CNCC1CCC(C)(C)O1)NS(C)(=O)=O. The van der Waals surface area contributed by atoms with Crippen LogP contribution in [0.3, 0.4) is 0 Å². The van der Waals surface area contributed by atoms with Crippen molar-refractivity contribution in [1.29, 1.82) is 0 Å². The molecule has 0 radical (unpaired) electrons. The average Bonchev–Trinajstić information content (AvgIpc) is 2.40. The summed E-state index contributed by atoms with van der Waals surface area (Å²) in [7, 11) is -3.17. The Morgan fingerprint density at radius 3 is 2.44 bits per heavy atom. The molecule has 0 aromatic heterocycles. The Hall–Kier alpha value is -0.170. The molecular formula is C12H26N2O3S. The van der Waals surface area contributed by atoms with Crippen molar-refractivity contribution < 1.29 is 13.2 Å². The second kappa shape index (κ2) is 5.45. The number of hydrogen-bond acceptors (Lipinski definition) is 4. The van der Waals surface area contributed by atoms with E-state index in [1.54, 1.807) is 0 Å². The zero-order valence-corrected chi connectivity index (χ0v) is 12.9. The highest BCUT2D eigenvalue weighted by atomic mass is 32.2. The summed E-state index contributed by atoms with van der Waals surface area (Å²) in [5.41, 5.74) is -0.505. The van der Waals surface area contributed by atoms with E-state index >= 15 is 0 Å². The molecule has 1 heterocycles. The largest absolute Gasteiger partial charge is 0.371 e. The number of rotatable bonds is 6. The molecule has 1 atom stereocenters. The van der Waals surface area contributed by atoms with E-state index in [1.165, 1.54) is 6.26 Å². The first-order valence-electron chi connectivity index (χ1n) is 6.37. The highest BCUT2D eigenvalue weighted by Gasteiger charge is 2.31. The molecule has 1 unspecified atom stereocenters. The fourth-order valence-electron chi connectivity index (χ4n) is 2.30. The average molecular weight is 278 g/mol. The molecule has 0 aromatic rings. The van der Waals surface area contributed by atoms with Crippen LogP contribution in [0.15, 0.2) is 0 Å². The summed E-state index contributed by atoms with van der Waals surface area (Å²) in [6.45, 7) is 9.27. The molecule has 6 heteroatoms. The quantitative estimate of drug-likeness (QED) is 0.756. The molecular weight excluding hydrogens is 252 g/mol. The van der Waals surface area contributed by atoms with Gasteiger partial charge in [-0.25, -0.2) is 13.1 Å². The molecule has 18 heavy (non-hydrogen) atoms. The van der Waals surface area contributed by atoms with Gasteiger partial charge in [0.05, 0.1) is 18.0 Å². The van der Waals surface area contributed by atoms with Gasteiger partial charge >= 0.3 is 0 Å². The topological polar surface area (TPSA) is 67.4 Å². The molecule has 0 aliphatic carbocycles. The fraction of sp³-hybridized carbons (Fsp3) is 1.00. The predicted molar refractivity (Wildman–Crippen MR) is 73.1 cm³/mol. The molecule has 0 spiro atoms. The van der Waals surface area contributed by atoms with Crippen molar-refractivity contribution in [2.45, 2.75) is 57.8 Å². The Morgan fingerprint density at radius 2 is 2.00 bits per heavy atom. The van der Waals surface area contributed by atoms with E-state index in [0.29, 0.717) is 6.54 Å². The van der Waals surface area contributed by atoms with E-state index in [1.807, 2.05) is 13.8 Å². The third-order valence-corrected chi connectivity index (χ3v) is 3.88. The van der Waals surface area contributed by atoms with Crippen LogP contribution in [0.25, 0.3) is 0 Å². The van der Waals surface area contributed by atoms with E-state index < -0.39 is 15.6 Å². The molecule has 1 aliphatic rings. The molecule has 2 N–H and O–H groups in total. The monoisotopic (exact) mass is 278 g/mol. The maximum atomic E-state index is 11.2. The second-order valence-electron chi connectivity index (χ2n) is 6.43. The fourth-order valence-corrected chi connectivity index (χ4v) is 3.38. The second-order valence-corrected chi connectivity index (χ2v) is 8.18. The zero-order valence-electron chi connectivity index (χ0n) is 12.0. The summed E-state index contributed by atoms with van der Waals surface area (Å²) < 4.78 is 30.8. The van der Waals surface area contributed by atoms with Gasteiger partial charge in [0.1, 0.15) is 0 Å². The Bertz CT molecular complexity index is 377. The summed E-state index contributed by atoms with van der Waals surface area (Å²) >= 11 is 0. The van der Waals surface area contributed by atoms with Gasteiger partial charge in [0.25, 0.3) is 0 Å². The van der Waals surface area contributed by atoms with Gasteiger partial charge in [0, 0.05) is 18.6 Å². The summed E-state index contributed by atoms with van der Waals surface area (Å²) in [6.07, 6.45) is 3.54. The van der Waals surface area contributed by atoms with Crippen LogP contribution in [0.5, 0.6) is 0 Å². The van der Waals surface area contributed by atoms with Gasteiger partial charge in [-0.15, -0.1) is 0 Å². The highest BCUT2D eigenvalue weighted by Crippen LogP contribution is 2.28. The van der Waals surface area contributed by atoms with E-state index in [2.05, 4.69) is 23.9 Å². The van der Waals surface area contributed by atoms with Crippen molar-refractivity contribution in [3.63, 3.8) is 0 Å². The van der Waals surface area contributed by atoms with E-state index in [4.69, 9.17) is 4.74 Å². The summed E-state index contributed by atoms with van der Waals surface area (Å²) in [6, 6.07) is 0. The Kier molecular flexibility index (Phi) is 4.81. The lowest BCUT2D eigenvalue weighted by Crippen LogP contribution is -2.50. The highest BCUT2D eigenvalue weighted by molar-refractivity contribution is 7.88. The van der Waals surface area contributed by atoms with Crippen molar-refractivity contribution >= 4 is 10.0 Å². The molecule has 0 amide bonds. The minimum Gasteiger partial charge on any atom is -0.371 e. The summed E-state index contributed by atoms with van der Waals surface area (Å²) in [4.78, 5) is 0. The first kappa shape index (κ1) is 15.9. The van der Waals surface area contributed by atoms with Crippen LogP contribution < -0.4 is 10.0 Å². The normalized spacial score (nSPS) is 24.4. The first-order valence-corrected chi connectivity index (χ1v) is 8.26. The minimum atomic E-state index is -3.17. The van der Waals surface area contributed by atoms with E-state index in [0.717, 1.165) is 19.4 Å². The van der Waals surface area contributed by atoms with Crippen LogP contribution in [-0.2, 0) is 14.8 Å². The molecule has 0 aromatic carbocycles. The smallest absolute Gasteiger partial charge is 0.209 e. The minimum absolute atomic E-state index is 0.0210. The van der Waals surface area contributed by atoms with E-state index in [-0.39, 0.29) is 11.7 Å². The van der Waals surface area contributed by atoms with Gasteiger partial charge in [0.2, 0.25) is 10.0 Å². The molecule has 1 fully saturated rings. The number of hydrogen-bond donors (Lipinski definition) is 2. The lowest BCUT2D eigenvalue weighted by atomic mass is 10.1. The third kappa shape index (κ3) is 6.13. The van der Waals surface area contributed by atoms with E-state index in [9.17, 15) is 8.42 Å². The van der Waals surface area contributed by atoms with Gasteiger partial charge in [-0.1, -0.05) is 0 Å². The van der Waals surface area contributed by atoms with Crippen molar-refractivity contribution in [2.24, 2.45) is 0 Å². The van der Waals surface area contributed by atoms with Gasteiger partial charge in [0.15, 0.2) is 0 Å². The molecule has 1 aliphatic heterocycles. The lowest BCUT2D eigenvalue weighted by molar-refractivity contribution is -0.0144. The molecule has 5 nitrogen and oxygen atoms in total. The van der Waals surface area contributed by atoms with Crippen LogP contribution in [-0.4, -0.2) is 45.0 Å². The Labute approximate surface area is 111 Å². The first-order chi connectivity index (χ1) is 7.99. The number of sulfonamides is 1. The maximum Gasteiger partial charge on any atom is 0.209 e. The van der Waals surface area contributed by atoms with Crippen molar-refractivity contribution in [3.05, 3.63) is 0 Å². The van der Waals surface area contributed by atoms with Crippen molar-refractivity contribution in [1.82, 2.24) is 10.0 Å². The van der Waals surface area contributed by atoms with Gasteiger partial charge < -0.3 is 10.1 Å². The van der Waals surface area contributed by atoms with Crippen LogP contribution in [0, 0.1) is 0 Å².